The smallest absolute Gasteiger partial charge is 0.267 e. The highest BCUT2D eigenvalue weighted by Crippen LogP contribution is 2.32. The van der Waals surface area contributed by atoms with Gasteiger partial charge < -0.3 is 0 Å². The van der Waals surface area contributed by atoms with Crippen LogP contribution in [0.2, 0.25) is 0 Å². The van der Waals surface area contributed by atoms with Crippen LogP contribution in [0, 0.1) is 5.82 Å². The van der Waals surface area contributed by atoms with Gasteiger partial charge in [0.05, 0.1) is 11.1 Å². The first kappa shape index (κ1) is 13.7. The van der Waals surface area contributed by atoms with E-state index in [-0.39, 0.29) is 6.07 Å². The summed E-state index contributed by atoms with van der Waals surface area (Å²) in [6.07, 6.45) is -4.86. The third-order valence-corrected chi connectivity index (χ3v) is 1.78. The van der Waals surface area contributed by atoms with Crippen molar-refractivity contribution in [3.05, 3.63) is 35.1 Å². The predicted molar refractivity (Wildman–Crippen MR) is 50.0 cm³/mol. The summed E-state index contributed by atoms with van der Waals surface area (Å²) in [4.78, 5) is 15.1. The molecule has 1 amide bonds. The fourth-order valence-electron chi connectivity index (χ4n) is 1.06. The molecule has 1 aromatic rings. The van der Waals surface area contributed by atoms with Crippen LogP contribution in [0.3, 0.4) is 0 Å². The van der Waals surface area contributed by atoms with E-state index in [1.54, 1.807) is 0 Å². The van der Waals surface area contributed by atoms with Gasteiger partial charge in [-0.2, -0.15) is 18.7 Å². The van der Waals surface area contributed by atoms with Gasteiger partial charge in [0.25, 0.3) is 5.91 Å². The predicted octanol–water partition coefficient (Wildman–Crippen LogP) is 2.28. The van der Waals surface area contributed by atoms with E-state index in [0.717, 1.165) is 0 Å². The number of benzene rings is 1. The summed E-state index contributed by atoms with van der Waals surface area (Å²) in [5.74, 6) is -2.35. The molecule has 0 atom stereocenters. The fourth-order valence-corrected chi connectivity index (χ4v) is 1.10. The van der Waals surface area contributed by atoms with Gasteiger partial charge in [-0.1, -0.05) is 4.99 Å². The number of carbonyl (C=O) groups excluding carboxylic acids is 1. The van der Waals surface area contributed by atoms with Gasteiger partial charge >= 0.3 is 6.18 Å². The summed E-state index contributed by atoms with van der Waals surface area (Å²) in [6.45, 7) is 0. The maximum Gasteiger partial charge on any atom is 0.417 e. The molecule has 1 aromatic carbocycles. The van der Waals surface area contributed by atoms with E-state index < -0.39 is 29.0 Å². The van der Waals surface area contributed by atoms with Crippen LogP contribution in [0.4, 0.5) is 17.6 Å². The normalized spacial score (nSPS) is 11.4. The second-order valence-corrected chi connectivity index (χ2v) is 2.93. The Balaban J connectivity index is 3.11. The van der Waals surface area contributed by atoms with Crippen molar-refractivity contribution in [1.82, 2.24) is 5.48 Å². The summed E-state index contributed by atoms with van der Waals surface area (Å²) in [5.41, 5.74) is -0.700. The van der Waals surface area contributed by atoms with Crippen molar-refractivity contribution >= 4 is 18.8 Å². The third-order valence-electron chi connectivity index (χ3n) is 1.70. The zero-order valence-electron chi connectivity index (χ0n) is 7.92. The van der Waals surface area contributed by atoms with Gasteiger partial charge in [-0.25, -0.2) is 4.39 Å². The molecule has 0 fully saturated rings. The molecule has 0 saturated carbocycles. The monoisotopic (exact) mass is 271 g/mol. The maximum atomic E-state index is 12.7. The lowest BCUT2D eigenvalue weighted by atomic mass is 10.1. The lowest BCUT2D eigenvalue weighted by molar-refractivity contribution is -0.227. The first-order chi connectivity index (χ1) is 7.86. The fraction of sp³-hybridized carbons (Fsp3) is 0.125. The summed E-state index contributed by atoms with van der Waals surface area (Å²) in [7, 11) is 0. The van der Waals surface area contributed by atoms with Crippen LogP contribution in [0.1, 0.15) is 15.9 Å². The number of amides is 1. The minimum Gasteiger partial charge on any atom is -0.267 e. The van der Waals surface area contributed by atoms with E-state index in [1.165, 1.54) is 5.48 Å². The van der Waals surface area contributed by atoms with E-state index >= 15 is 0 Å². The molecule has 0 aliphatic carbocycles. The largest absolute Gasteiger partial charge is 0.417 e. The molecule has 0 saturated heterocycles. The maximum absolute atomic E-state index is 12.7. The van der Waals surface area contributed by atoms with Crippen molar-refractivity contribution in [3.8, 4) is 0 Å². The number of hydroxylamine groups is 1. The summed E-state index contributed by atoms with van der Waals surface area (Å²) in [5, 5.41) is 0. The zero-order valence-corrected chi connectivity index (χ0v) is 8.81. The first-order valence-electron chi connectivity index (χ1n) is 4.00. The van der Waals surface area contributed by atoms with Gasteiger partial charge in [0.1, 0.15) is 5.82 Å². The topological polar surface area (TPSA) is 47.6 Å². The van der Waals surface area contributed by atoms with Gasteiger partial charge in [-0.3, -0.25) is 4.79 Å². The number of halogens is 4. The molecule has 0 unspecified atom stereocenters. The van der Waals surface area contributed by atoms with Gasteiger partial charge in [-0.15, -0.1) is 4.33 Å². The van der Waals surface area contributed by atoms with E-state index in [2.05, 4.69) is 22.2 Å². The van der Waals surface area contributed by atoms with Crippen LogP contribution >= 0.6 is 12.9 Å². The Morgan fingerprint density at radius 1 is 1.35 bits per heavy atom. The first-order valence-corrected chi connectivity index (χ1v) is 4.37. The van der Waals surface area contributed by atoms with Crippen molar-refractivity contribution in [1.29, 1.82) is 0 Å². The van der Waals surface area contributed by atoms with Crippen LogP contribution < -0.4 is 5.48 Å². The van der Waals surface area contributed by atoms with Crippen LogP contribution in [0.5, 0.6) is 0 Å². The lowest BCUT2D eigenvalue weighted by Crippen LogP contribution is -2.25. The molecule has 9 heteroatoms. The molecular formula is C8H5F4NO3S. The van der Waals surface area contributed by atoms with Crippen LogP contribution in [-0.2, 0) is 15.5 Å². The standard InChI is InChI=1S/C8H5F4NO3S/c9-4-1-2-5(7(14)13-15-16-17)6(3-4)8(10,11)12/h1-3,17H,(H,13,14). The highest BCUT2D eigenvalue weighted by atomic mass is 32.1. The second kappa shape index (κ2) is 5.34. The van der Waals surface area contributed by atoms with Crippen molar-refractivity contribution in [2.24, 2.45) is 0 Å². The quantitative estimate of drug-likeness (QED) is 0.291. The molecule has 1 N–H and O–H groups in total. The minimum absolute atomic E-state index is 0.205. The Kier molecular flexibility index (Phi) is 4.32. The number of thiol groups is 1. The zero-order chi connectivity index (χ0) is 13.1. The van der Waals surface area contributed by atoms with E-state index in [9.17, 15) is 22.4 Å². The summed E-state index contributed by atoms with van der Waals surface area (Å²) >= 11 is 3.09. The molecule has 4 nitrogen and oxygen atoms in total. The number of alkyl halides is 3. The molecule has 0 aromatic heterocycles. The number of carbonyl (C=O) groups is 1. The number of hydrogen-bond acceptors (Lipinski definition) is 4. The summed E-state index contributed by atoms with van der Waals surface area (Å²) < 4.78 is 53.8. The molecule has 0 spiro atoms. The highest BCUT2D eigenvalue weighted by Gasteiger charge is 2.35. The van der Waals surface area contributed by atoms with Crippen LogP contribution in [0.15, 0.2) is 18.2 Å². The van der Waals surface area contributed by atoms with Crippen LogP contribution in [0.25, 0.3) is 0 Å². The molecule has 0 heterocycles. The number of nitrogens with one attached hydrogen (secondary N) is 1. The molecule has 0 aliphatic rings. The Bertz CT molecular complexity index is 424. The molecule has 0 radical (unpaired) electrons. The van der Waals surface area contributed by atoms with Gasteiger partial charge in [-0.05, 0) is 18.2 Å². The Labute approximate surface area is 98.0 Å². The van der Waals surface area contributed by atoms with Crippen molar-refractivity contribution in [2.75, 3.05) is 0 Å². The number of rotatable bonds is 3. The Morgan fingerprint density at radius 2 is 2.00 bits per heavy atom. The molecule has 94 valence electrons. The van der Waals surface area contributed by atoms with Gasteiger partial charge in [0.15, 0.2) is 0 Å². The van der Waals surface area contributed by atoms with Crippen molar-refractivity contribution in [2.45, 2.75) is 6.18 Å². The second-order valence-electron chi connectivity index (χ2n) is 2.78. The molecule has 1 rings (SSSR count). The van der Waals surface area contributed by atoms with Crippen LogP contribution in [-0.4, -0.2) is 5.91 Å². The highest BCUT2D eigenvalue weighted by molar-refractivity contribution is 7.74. The lowest BCUT2D eigenvalue weighted by Gasteiger charge is -2.11. The van der Waals surface area contributed by atoms with E-state index in [1.807, 2.05) is 0 Å². The Morgan fingerprint density at radius 3 is 2.53 bits per heavy atom. The molecular weight excluding hydrogens is 266 g/mol. The van der Waals surface area contributed by atoms with Crippen molar-refractivity contribution < 1.29 is 31.7 Å². The van der Waals surface area contributed by atoms with Crippen molar-refractivity contribution in [3.63, 3.8) is 0 Å². The van der Waals surface area contributed by atoms with E-state index in [0.29, 0.717) is 12.1 Å². The van der Waals surface area contributed by atoms with Gasteiger partial charge in [0.2, 0.25) is 0 Å². The molecule has 0 bridgehead atoms. The average Bonchev–Trinajstić information content (AvgIpc) is 2.24. The summed E-state index contributed by atoms with van der Waals surface area (Å²) in [6, 6.07) is 1.59. The molecule has 17 heavy (non-hydrogen) atoms. The molecule has 0 aliphatic heterocycles. The average molecular weight is 271 g/mol. The minimum atomic E-state index is -4.86. The third kappa shape index (κ3) is 3.58. The Hall–Kier alpha value is -1.32. The number of hydrogen-bond donors (Lipinski definition) is 2. The SMILES string of the molecule is O=C(NOOS)c1ccc(F)cc1C(F)(F)F. The van der Waals surface area contributed by atoms with Gasteiger partial charge in [0, 0.05) is 12.9 Å². The van der Waals surface area contributed by atoms with E-state index in [4.69, 9.17) is 0 Å².